The lowest BCUT2D eigenvalue weighted by molar-refractivity contribution is 0.0355. The van der Waals surface area contributed by atoms with Gasteiger partial charge in [0.2, 0.25) is 0 Å². The summed E-state index contributed by atoms with van der Waals surface area (Å²) < 4.78 is 0. The maximum absolute atomic E-state index is 2.57. The molecule has 4 saturated carbocycles. The maximum Gasteiger partial charge on any atom is -0.0318 e. The molecule has 122 valence electrons. The van der Waals surface area contributed by atoms with Gasteiger partial charge in [-0.3, -0.25) is 0 Å². The first-order chi connectivity index (χ1) is 9.87. The molecule has 4 rings (SSSR count). The number of hydrogen-bond donors (Lipinski definition) is 0. The molecule has 21 heavy (non-hydrogen) atoms. The molecule has 4 fully saturated rings. The Morgan fingerprint density at radius 2 is 1.33 bits per heavy atom. The lowest BCUT2D eigenvalue weighted by Gasteiger charge is -2.44. The van der Waals surface area contributed by atoms with E-state index >= 15 is 0 Å². The van der Waals surface area contributed by atoms with Crippen molar-refractivity contribution in [1.29, 1.82) is 0 Å². The lowest BCUT2D eigenvalue weighted by atomic mass is 9.61. The van der Waals surface area contributed by atoms with Gasteiger partial charge in [-0.15, -0.1) is 0 Å². The standard InChI is InChI=1S/C19H32.C2H6/c1-10-11(2)15-8-14(10)17-12-6-13(9-19(3,4)5)16(7-12)18(15)17;1-2/h10-18H,6-9H2,1-5H3;1-2H3. The average molecular weight is 291 g/mol. The van der Waals surface area contributed by atoms with E-state index in [-0.39, 0.29) is 0 Å². The van der Waals surface area contributed by atoms with E-state index in [1.54, 1.807) is 19.3 Å². The van der Waals surface area contributed by atoms with Crippen LogP contribution in [-0.4, -0.2) is 0 Å². The van der Waals surface area contributed by atoms with Crippen LogP contribution in [0.3, 0.4) is 0 Å². The number of fused-ring (bicyclic) bond motifs is 9. The van der Waals surface area contributed by atoms with Crippen LogP contribution < -0.4 is 0 Å². The van der Waals surface area contributed by atoms with Gasteiger partial charge >= 0.3 is 0 Å². The Kier molecular flexibility index (Phi) is 3.99. The summed E-state index contributed by atoms with van der Waals surface area (Å²) in [5.74, 6) is 9.95. The largest absolute Gasteiger partial charge is 0.0683 e. The molecule has 4 bridgehead atoms. The molecule has 0 aromatic rings. The third kappa shape index (κ3) is 2.31. The van der Waals surface area contributed by atoms with Gasteiger partial charge in [0.15, 0.2) is 0 Å². The highest BCUT2D eigenvalue weighted by molar-refractivity contribution is 5.13. The molecule has 0 heteroatoms. The molecule has 0 aromatic heterocycles. The summed E-state index contributed by atoms with van der Waals surface area (Å²) in [6, 6.07) is 0. The fourth-order valence-corrected chi connectivity index (χ4v) is 7.39. The van der Waals surface area contributed by atoms with E-state index in [1.807, 2.05) is 13.8 Å². The van der Waals surface area contributed by atoms with Crippen molar-refractivity contribution in [2.45, 2.75) is 74.1 Å². The second kappa shape index (κ2) is 5.27. The summed E-state index contributed by atoms with van der Waals surface area (Å²) in [4.78, 5) is 0. The predicted octanol–water partition coefficient (Wildman–Crippen LogP) is 6.26. The molecule has 0 radical (unpaired) electrons. The summed E-state index contributed by atoms with van der Waals surface area (Å²) in [6.45, 7) is 16.5. The first-order valence-electron chi connectivity index (χ1n) is 9.87. The first-order valence-corrected chi connectivity index (χ1v) is 9.87. The van der Waals surface area contributed by atoms with Crippen LogP contribution in [0.25, 0.3) is 0 Å². The third-order valence-electron chi connectivity index (χ3n) is 7.86. The van der Waals surface area contributed by atoms with Gasteiger partial charge in [0, 0.05) is 0 Å². The zero-order valence-electron chi connectivity index (χ0n) is 15.5. The van der Waals surface area contributed by atoms with Crippen LogP contribution in [-0.2, 0) is 0 Å². The molecule has 0 aromatic carbocycles. The molecule has 9 unspecified atom stereocenters. The molecule has 4 aliphatic rings. The van der Waals surface area contributed by atoms with Crippen molar-refractivity contribution < 1.29 is 0 Å². The van der Waals surface area contributed by atoms with E-state index in [9.17, 15) is 0 Å². The van der Waals surface area contributed by atoms with Crippen LogP contribution in [0.5, 0.6) is 0 Å². The topological polar surface area (TPSA) is 0 Å². The van der Waals surface area contributed by atoms with Crippen LogP contribution in [0.1, 0.15) is 74.1 Å². The Hall–Kier alpha value is 0. The highest BCUT2D eigenvalue weighted by Crippen LogP contribution is 2.72. The molecule has 0 N–H and O–H groups in total. The van der Waals surface area contributed by atoms with Crippen LogP contribution >= 0.6 is 0 Å². The Bertz CT molecular complexity index is 376. The Labute approximate surface area is 133 Å². The van der Waals surface area contributed by atoms with Crippen LogP contribution in [0.4, 0.5) is 0 Å². The average Bonchev–Trinajstić information content (AvgIpc) is 3.10. The van der Waals surface area contributed by atoms with Crippen molar-refractivity contribution in [2.75, 3.05) is 0 Å². The van der Waals surface area contributed by atoms with Crippen molar-refractivity contribution in [3.63, 3.8) is 0 Å². The molecular weight excluding hydrogens is 252 g/mol. The third-order valence-corrected chi connectivity index (χ3v) is 7.86. The summed E-state index contributed by atoms with van der Waals surface area (Å²) in [6.07, 6.45) is 6.29. The Balaban J connectivity index is 0.000000636. The maximum atomic E-state index is 2.57. The van der Waals surface area contributed by atoms with E-state index in [1.165, 1.54) is 6.42 Å². The van der Waals surface area contributed by atoms with Gasteiger partial charge < -0.3 is 0 Å². The van der Waals surface area contributed by atoms with Crippen molar-refractivity contribution in [3.05, 3.63) is 0 Å². The second-order valence-electron chi connectivity index (χ2n) is 9.86. The van der Waals surface area contributed by atoms with Crippen molar-refractivity contribution in [3.8, 4) is 0 Å². The normalized spacial score (nSPS) is 53.6. The highest BCUT2D eigenvalue weighted by Gasteiger charge is 2.65. The van der Waals surface area contributed by atoms with Crippen LogP contribution in [0, 0.1) is 58.7 Å². The summed E-state index contributed by atoms with van der Waals surface area (Å²) in [5.41, 5.74) is 0.543. The highest BCUT2D eigenvalue weighted by atomic mass is 14.7. The van der Waals surface area contributed by atoms with E-state index < -0.39 is 0 Å². The molecule has 0 saturated heterocycles. The fourth-order valence-electron chi connectivity index (χ4n) is 7.39. The Morgan fingerprint density at radius 3 is 1.90 bits per heavy atom. The number of hydrogen-bond acceptors (Lipinski definition) is 0. The van der Waals surface area contributed by atoms with Gasteiger partial charge in [0.25, 0.3) is 0 Å². The van der Waals surface area contributed by atoms with Crippen molar-refractivity contribution in [1.82, 2.24) is 0 Å². The monoisotopic (exact) mass is 290 g/mol. The SMILES string of the molecule is CC.CC1C(C)C2CC1C1C3CC(CC(C)(C)C)C(C3)C21. The lowest BCUT2D eigenvalue weighted by Crippen LogP contribution is -2.39. The van der Waals surface area contributed by atoms with Gasteiger partial charge in [-0.25, -0.2) is 0 Å². The molecule has 4 aliphatic carbocycles. The van der Waals surface area contributed by atoms with Gasteiger partial charge in [0.1, 0.15) is 0 Å². The predicted molar refractivity (Wildman–Crippen MR) is 92.0 cm³/mol. The summed E-state index contributed by atoms with van der Waals surface area (Å²) in [5, 5.41) is 0. The Morgan fingerprint density at radius 1 is 0.762 bits per heavy atom. The summed E-state index contributed by atoms with van der Waals surface area (Å²) in [7, 11) is 0. The molecule has 0 nitrogen and oxygen atoms in total. The van der Waals surface area contributed by atoms with Crippen LogP contribution in [0.15, 0.2) is 0 Å². The molecular formula is C21H38. The molecule has 0 aliphatic heterocycles. The summed E-state index contributed by atoms with van der Waals surface area (Å²) >= 11 is 0. The first kappa shape index (κ1) is 15.9. The zero-order chi connectivity index (χ0) is 15.5. The molecule has 0 spiro atoms. The minimum Gasteiger partial charge on any atom is -0.0683 e. The van der Waals surface area contributed by atoms with Crippen LogP contribution in [0.2, 0.25) is 0 Å². The number of rotatable bonds is 1. The zero-order valence-corrected chi connectivity index (χ0v) is 15.5. The minimum atomic E-state index is 0.543. The quantitative estimate of drug-likeness (QED) is 0.500. The molecule has 0 heterocycles. The smallest absolute Gasteiger partial charge is 0.0318 e. The van der Waals surface area contributed by atoms with Crippen molar-refractivity contribution >= 4 is 0 Å². The fraction of sp³-hybridized carbons (Fsp3) is 1.00. The van der Waals surface area contributed by atoms with Gasteiger partial charge in [-0.05, 0) is 84.4 Å². The van der Waals surface area contributed by atoms with E-state index in [4.69, 9.17) is 0 Å². The molecule has 0 amide bonds. The van der Waals surface area contributed by atoms with Gasteiger partial charge in [-0.2, -0.15) is 0 Å². The minimum absolute atomic E-state index is 0.543. The second-order valence-corrected chi connectivity index (χ2v) is 9.86. The van der Waals surface area contributed by atoms with Gasteiger partial charge in [-0.1, -0.05) is 48.5 Å². The van der Waals surface area contributed by atoms with Crippen molar-refractivity contribution in [2.24, 2.45) is 58.7 Å². The van der Waals surface area contributed by atoms with E-state index in [2.05, 4.69) is 34.6 Å². The van der Waals surface area contributed by atoms with E-state index in [0.717, 1.165) is 53.3 Å². The van der Waals surface area contributed by atoms with E-state index in [0.29, 0.717) is 5.41 Å². The van der Waals surface area contributed by atoms with Gasteiger partial charge in [0.05, 0.1) is 0 Å². The molecule has 9 atom stereocenters.